The van der Waals surface area contributed by atoms with E-state index in [2.05, 4.69) is 126 Å². The molecule has 420 valence electrons. The second-order valence-corrected chi connectivity index (χ2v) is 41.0. The lowest BCUT2D eigenvalue weighted by Gasteiger charge is -2.53. The lowest BCUT2D eigenvalue weighted by atomic mass is 9.83. The minimum Gasteiger partial charge on any atom is -0.462 e. The van der Waals surface area contributed by atoms with E-state index < -0.39 is 104 Å². The molecule has 14 nitrogen and oxygen atoms in total. The number of hydrogen-bond acceptors (Lipinski definition) is 14. The lowest BCUT2D eigenvalue weighted by molar-refractivity contribution is -0.343. The van der Waals surface area contributed by atoms with Gasteiger partial charge in [-0.25, -0.2) is 0 Å². The summed E-state index contributed by atoms with van der Waals surface area (Å²) in [7, 11) is -1.55. The molecule has 4 aliphatic rings. The van der Waals surface area contributed by atoms with Crippen LogP contribution in [0.2, 0.25) is 54.4 Å². The highest BCUT2D eigenvalue weighted by Gasteiger charge is 2.56. The fourth-order valence-corrected chi connectivity index (χ4v) is 13.7. The molecular formula is C55H105NO13Si3. The van der Waals surface area contributed by atoms with Gasteiger partial charge in [-0.2, -0.15) is 0 Å². The van der Waals surface area contributed by atoms with E-state index in [1.807, 2.05) is 53.9 Å². The molecule has 0 saturated carbocycles. The van der Waals surface area contributed by atoms with E-state index in [0.29, 0.717) is 25.9 Å². The summed E-state index contributed by atoms with van der Waals surface area (Å²) in [6.45, 7) is 46.0. The van der Waals surface area contributed by atoms with Gasteiger partial charge in [0.15, 0.2) is 37.5 Å². The predicted octanol–water partition coefficient (Wildman–Crippen LogP) is 11.1. The fourth-order valence-electron chi connectivity index (χ4n) is 9.87. The molecule has 4 heterocycles. The predicted molar refractivity (Wildman–Crippen MR) is 293 cm³/mol. The smallest absolute Gasteiger partial charge is 0.308 e. The van der Waals surface area contributed by atoms with Gasteiger partial charge in [0.25, 0.3) is 0 Å². The molecule has 2 bridgehead atoms. The number of esters is 1. The third-order valence-electron chi connectivity index (χ3n) is 17.2. The van der Waals surface area contributed by atoms with Crippen LogP contribution in [0.25, 0.3) is 0 Å². The van der Waals surface area contributed by atoms with Gasteiger partial charge in [-0.15, -0.1) is 0 Å². The van der Waals surface area contributed by atoms with Crippen molar-refractivity contribution in [3.05, 3.63) is 24.3 Å². The molecule has 0 spiro atoms. The van der Waals surface area contributed by atoms with E-state index >= 15 is 0 Å². The maximum atomic E-state index is 14.1. The van der Waals surface area contributed by atoms with E-state index in [9.17, 15) is 9.90 Å². The van der Waals surface area contributed by atoms with Crippen molar-refractivity contribution in [3.63, 3.8) is 0 Å². The standard InChI is InChI=1S/C55H105NO13Si3/c1-25-60-50-38(5)62-44(34-55(50,15)58)65-46-37(4)63-51(49(45(46)56(16)17)69-72(23,24)54(12,13)14)66-47-39-31-35(2)40(67-70(19,20)52(6,7)8)30-28-26-27-29-36(3)61-42(57)33-41(48(47)59-18)64-43(32-39)68-71(21,22)53(9,10)11/h26-28,30,35-41,43-51,58H,25,29,31-34H2,1-24H3/b27-26+,30-28+/t35-,36-,37+,38-,39-,40+,41-,43?,44-,45-,46+,47+,48+,49+,50-,51-,55+/m1/s1. The minimum atomic E-state index is -2.58. The van der Waals surface area contributed by atoms with Crippen LogP contribution in [0.5, 0.6) is 0 Å². The van der Waals surface area contributed by atoms with Crippen molar-refractivity contribution >= 4 is 30.9 Å². The van der Waals surface area contributed by atoms with Gasteiger partial charge in [-0.1, -0.05) is 93.5 Å². The van der Waals surface area contributed by atoms with E-state index in [1.165, 1.54) is 0 Å². The van der Waals surface area contributed by atoms with Crippen molar-refractivity contribution in [2.24, 2.45) is 11.8 Å². The number of aliphatic hydroxyl groups is 1. The molecular weight excluding hydrogens is 967 g/mol. The quantitative estimate of drug-likeness (QED) is 0.130. The molecule has 17 heteroatoms. The Morgan fingerprint density at radius 2 is 1.32 bits per heavy atom. The first kappa shape index (κ1) is 63.7. The lowest BCUT2D eigenvalue weighted by Crippen LogP contribution is -2.68. The monoisotopic (exact) mass is 1070 g/mol. The number of fused-ring (bicyclic) bond motifs is 3. The number of ether oxygens (including phenoxy) is 8. The van der Waals surface area contributed by atoms with Gasteiger partial charge in [-0.05, 0) is 121 Å². The summed E-state index contributed by atoms with van der Waals surface area (Å²) in [6.07, 6.45) is 2.34. The molecule has 17 atom stereocenters. The Morgan fingerprint density at radius 1 is 0.736 bits per heavy atom. The van der Waals surface area contributed by atoms with Crippen LogP contribution < -0.4 is 0 Å². The number of carbonyl (C=O) groups is 1. The normalized spacial score (nSPS) is 38.6. The van der Waals surface area contributed by atoms with Crippen molar-refractivity contribution in [2.45, 2.75) is 282 Å². The zero-order valence-corrected chi connectivity index (χ0v) is 52.6. The molecule has 72 heavy (non-hydrogen) atoms. The van der Waals surface area contributed by atoms with Crippen molar-refractivity contribution in [3.8, 4) is 0 Å². The summed E-state index contributed by atoms with van der Waals surface area (Å²) >= 11 is 0. The molecule has 0 amide bonds. The average Bonchev–Trinajstić information content (AvgIpc) is 3.32. The summed E-state index contributed by atoms with van der Waals surface area (Å²) in [4.78, 5) is 16.2. The highest BCUT2D eigenvalue weighted by Crippen LogP contribution is 2.46. The maximum Gasteiger partial charge on any atom is 0.308 e. The number of likely N-dealkylation sites (N-methyl/N-ethyl adjacent to an activating group) is 1. The molecule has 0 aromatic heterocycles. The Morgan fingerprint density at radius 3 is 1.86 bits per heavy atom. The van der Waals surface area contributed by atoms with E-state index in [0.717, 1.165) is 0 Å². The van der Waals surface area contributed by atoms with E-state index in [4.69, 9.17) is 51.2 Å². The fraction of sp³-hybridized carbons (Fsp3) is 0.909. The molecule has 3 saturated heterocycles. The van der Waals surface area contributed by atoms with Crippen LogP contribution in [0, 0.1) is 11.8 Å². The molecule has 1 N–H and O–H groups in total. The summed E-state index contributed by atoms with van der Waals surface area (Å²) in [5.74, 6) is -0.612. The Balaban J connectivity index is 1.94. The van der Waals surface area contributed by atoms with Gasteiger partial charge in [0, 0.05) is 33.0 Å². The molecule has 4 rings (SSSR count). The van der Waals surface area contributed by atoms with Crippen LogP contribution in [0.15, 0.2) is 24.3 Å². The number of methoxy groups -OCH3 is 1. The van der Waals surface area contributed by atoms with E-state index in [-0.39, 0.29) is 58.0 Å². The second kappa shape index (κ2) is 24.8. The van der Waals surface area contributed by atoms with Gasteiger partial charge in [0.1, 0.15) is 36.8 Å². The highest BCUT2D eigenvalue weighted by molar-refractivity contribution is 6.75. The summed E-state index contributed by atoms with van der Waals surface area (Å²) in [6, 6.07) is -0.394. The van der Waals surface area contributed by atoms with Crippen molar-refractivity contribution in [2.75, 3.05) is 27.8 Å². The van der Waals surface area contributed by atoms with Gasteiger partial charge in [0.2, 0.25) is 0 Å². The second-order valence-electron chi connectivity index (χ2n) is 26.7. The van der Waals surface area contributed by atoms with Crippen molar-refractivity contribution in [1.29, 1.82) is 0 Å². The van der Waals surface area contributed by atoms with Crippen LogP contribution in [-0.2, 0) is 56.0 Å². The Hall–Kier alpha value is -0.879. The van der Waals surface area contributed by atoms with Gasteiger partial charge < -0.3 is 61.2 Å². The van der Waals surface area contributed by atoms with Crippen LogP contribution in [-0.4, -0.2) is 160 Å². The topological polar surface area (TPSA) is 142 Å². The maximum absolute atomic E-state index is 14.1. The first-order valence-corrected chi connectivity index (χ1v) is 36.0. The first-order chi connectivity index (χ1) is 32.9. The molecule has 0 aromatic rings. The van der Waals surface area contributed by atoms with Crippen LogP contribution in [0.4, 0.5) is 0 Å². The summed E-state index contributed by atoms with van der Waals surface area (Å²) < 4.78 is 76.3. The van der Waals surface area contributed by atoms with E-state index in [1.54, 1.807) is 14.0 Å². The largest absolute Gasteiger partial charge is 0.462 e. The molecule has 0 aliphatic carbocycles. The van der Waals surface area contributed by atoms with Crippen LogP contribution in [0.3, 0.4) is 0 Å². The number of hydrogen-bond donors (Lipinski definition) is 1. The van der Waals surface area contributed by atoms with Gasteiger partial charge >= 0.3 is 5.97 Å². The molecule has 0 radical (unpaired) electrons. The number of carbonyl (C=O) groups excluding carboxylic acids is 1. The third-order valence-corrected chi connectivity index (χ3v) is 30.6. The van der Waals surface area contributed by atoms with Gasteiger partial charge in [-0.3, -0.25) is 4.79 Å². The minimum absolute atomic E-state index is 0.00875. The zero-order chi connectivity index (χ0) is 54.7. The van der Waals surface area contributed by atoms with Crippen molar-refractivity contribution < 1.29 is 61.1 Å². The molecule has 3 fully saturated rings. The number of rotatable bonds is 14. The summed E-state index contributed by atoms with van der Waals surface area (Å²) in [5.41, 5.74) is -1.19. The zero-order valence-electron chi connectivity index (χ0n) is 49.6. The number of cyclic esters (lactones) is 1. The highest BCUT2D eigenvalue weighted by atomic mass is 28.4. The van der Waals surface area contributed by atoms with Crippen LogP contribution in [0.1, 0.15) is 136 Å². The van der Waals surface area contributed by atoms with Crippen LogP contribution >= 0.6 is 0 Å². The number of allylic oxidation sites excluding steroid dienone is 2. The van der Waals surface area contributed by atoms with Gasteiger partial charge in [0.05, 0.1) is 48.6 Å². The van der Waals surface area contributed by atoms with Crippen molar-refractivity contribution in [1.82, 2.24) is 4.90 Å². The molecule has 0 aromatic carbocycles. The average molecular weight is 1070 g/mol. The Kier molecular flexibility index (Phi) is 22.0. The first-order valence-electron chi connectivity index (χ1n) is 27.2. The Bertz CT molecular complexity index is 1770. The third kappa shape index (κ3) is 16.1. The Labute approximate surface area is 441 Å². The molecule has 1 unspecified atom stereocenters. The SMILES string of the molecule is CCO[C@@H]1[C@@H](C)O[C@H](O[C@@H]2[C@@H](N(C)C)[C@H](O[Si](C)(C)C(C)(C)C)[C@@H](O[C@H]3[C@H]4CC(O[Si](C)(C)C(C)(C)C)O[C@H](CC(=O)O[C@H](C)C/C=C/C=C/[C@H](O[Si](C)(C)C(C)(C)C)[C@H](C)C4)[C@@H]3OC)O[C@H]2C)C[C@]1(C)O. The molecule has 4 aliphatic heterocycles. The summed E-state index contributed by atoms with van der Waals surface area (Å²) in [5, 5.41) is 11.4. The number of nitrogens with zero attached hydrogens (tertiary/aromatic N) is 1.